The van der Waals surface area contributed by atoms with Gasteiger partial charge in [-0.15, -0.1) is 0 Å². The van der Waals surface area contributed by atoms with Gasteiger partial charge < -0.3 is 10.1 Å². The van der Waals surface area contributed by atoms with Crippen LogP contribution in [0.1, 0.15) is 48.2 Å². The standard InChI is InChI=1S/C12H17NO/c1-8-11(12(14)6-7-12)9-4-2-3-5-10(9)13-8/h13-14H,2-7H2,1H3. The lowest BCUT2D eigenvalue weighted by molar-refractivity contribution is 0.149. The van der Waals surface area contributed by atoms with E-state index in [1.54, 1.807) is 0 Å². The van der Waals surface area contributed by atoms with E-state index in [1.165, 1.54) is 41.8 Å². The second-order valence-corrected chi connectivity index (χ2v) is 4.82. The van der Waals surface area contributed by atoms with Crippen LogP contribution >= 0.6 is 0 Å². The van der Waals surface area contributed by atoms with E-state index < -0.39 is 5.60 Å². The monoisotopic (exact) mass is 191 g/mol. The molecular weight excluding hydrogens is 174 g/mol. The van der Waals surface area contributed by atoms with Crippen LogP contribution in [0.4, 0.5) is 0 Å². The lowest BCUT2D eigenvalue weighted by Gasteiger charge is -2.15. The summed E-state index contributed by atoms with van der Waals surface area (Å²) in [6.07, 6.45) is 6.83. The van der Waals surface area contributed by atoms with E-state index >= 15 is 0 Å². The van der Waals surface area contributed by atoms with Crippen molar-refractivity contribution in [2.45, 2.75) is 51.0 Å². The van der Waals surface area contributed by atoms with Gasteiger partial charge in [0.25, 0.3) is 0 Å². The van der Waals surface area contributed by atoms with Crippen molar-refractivity contribution < 1.29 is 5.11 Å². The van der Waals surface area contributed by atoms with Gasteiger partial charge in [0.1, 0.15) is 0 Å². The van der Waals surface area contributed by atoms with Gasteiger partial charge in [-0.2, -0.15) is 0 Å². The summed E-state index contributed by atoms with van der Waals surface area (Å²) in [4.78, 5) is 3.45. The summed E-state index contributed by atoms with van der Waals surface area (Å²) in [5.74, 6) is 0. The van der Waals surface area contributed by atoms with E-state index in [0.717, 1.165) is 19.3 Å². The van der Waals surface area contributed by atoms with Gasteiger partial charge in [0.05, 0.1) is 5.60 Å². The smallest absolute Gasteiger partial charge is 0.0918 e. The first kappa shape index (κ1) is 8.54. The molecule has 2 nitrogen and oxygen atoms in total. The molecule has 0 aromatic carbocycles. The van der Waals surface area contributed by atoms with Gasteiger partial charge >= 0.3 is 0 Å². The number of aryl methyl sites for hydroxylation is 2. The van der Waals surface area contributed by atoms with Gasteiger partial charge in [-0.05, 0) is 51.0 Å². The fraction of sp³-hybridized carbons (Fsp3) is 0.667. The van der Waals surface area contributed by atoms with Crippen LogP contribution in [0, 0.1) is 6.92 Å². The largest absolute Gasteiger partial charge is 0.385 e. The number of aromatic amines is 1. The SMILES string of the molecule is Cc1[nH]c2c(c1C1(O)CC1)CCCC2. The summed E-state index contributed by atoms with van der Waals surface area (Å²) < 4.78 is 0. The van der Waals surface area contributed by atoms with Crippen LogP contribution in [0.2, 0.25) is 0 Å². The van der Waals surface area contributed by atoms with Crippen LogP contribution in [0.15, 0.2) is 0 Å². The third kappa shape index (κ3) is 1.07. The van der Waals surface area contributed by atoms with Crippen molar-refractivity contribution in [3.63, 3.8) is 0 Å². The molecule has 2 aliphatic rings. The fourth-order valence-corrected chi connectivity index (χ4v) is 2.83. The molecule has 2 heteroatoms. The van der Waals surface area contributed by atoms with Crippen LogP contribution in [0.5, 0.6) is 0 Å². The molecule has 1 saturated carbocycles. The van der Waals surface area contributed by atoms with E-state index in [4.69, 9.17) is 0 Å². The highest BCUT2D eigenvalue weighted by atomic mass is 16.3. The van der Waals surface area contributed by atoms with Gasteiger partial charge in [-0.25, -0.2) is 0 Å². The predicted molar refractivity (Wildman–Crippen MR) is 55.3 cm³/mol. The van der Waals surface area contributed by atoms with Gasteiger partial charge in [0.15, 0.2) is 0 Å². The minimum Gasteiger partial charge on any atom is -0.385 e. The highest BCUT2D eigenvalue weighted by Gasteiger charge is 2.46. The number of aromatic nitrogens is 1. The Morgan fingerprint density at radius 1 is 1.21 bits per heavy atom. The molecule has 0 bridgehead atoms. The lowest BCUT2D eigenvalue weighted by Crippen LogP contribution is -2.10. The molecule has 0 aliphatic heterocycles. The number of hydrogen-bond donors (Lipinski definition) is 2. The van der Waals surface area contributed by atoms with E-state index in [0.29, 0.717) is 0 Å². The van der Waals surface area contributed by atoms with Crippen molar-refractivity contribution in [2.24, 2.45) is 0 Å². The van der Waals surface area contributed by atoms with Crippen molar-refractivity contribution in [1.29, 1.82) is 0 Å². The maximum absolute atomic E-state index is 10.2. The number of H-pyrrole nitrogens is 1. The summed E-state index contributed by atoms with van der Waals surface area (Å²) in [6.45, 7) is 2.10. The highest BCUT2D eigenvalue weighted by Crippen LogP contribution is 2.49. The first-order chi connectivity index (χ1) is 6.71. The third-order valence-electron chi connectivity index (χ3n) is 3.67. The molecule has 76 valence electrons. The maximum Gasteiger partial charge on any atom is 0.0918 e. The summed E-state index contributed by atoms with van der Waals surface area (Å²) in [5, 5.41) is 10.2. The van der Waals surface area contributed by atoms with Crippen molar-refractivity contribution in [2.75, 3.05) is 0 Å². The summed E-state index contributed by atoms with van der Waals surface area (Å²) >= 11 is 0. The molecule has 1 aromatic rings. The minimum absolute atomic E-state index is 0.453. The molecule has 3 rings (SSSR count). The van der Waals surface area contributed by atoms with Gasteiger partial charge in [-0.1, -0.05) is 0 Å². The Morgan fingerprint density at radius 2 is 1.93 bits per heavy atom. The highest BCUT2D eigenvalue weighted by molar-refractivity contribution is 5.44. The van der Waals surface area contributed by atoms with Crippen LogP contribution in [-0.2, 0) is 18.4 Å². The Hall–Kier alpha value is -0.760. The molecule has 2 aliphatic carbocycles. The van der Waals surface area contributed by atoms with E-state index in [1.807, 2.05) is 0 Å². The Morgan fingerprint density at radius 3 is 2.64 bits per heavy atom. The quantitative estimate of drug-likeness (QED) is 0.701. The average Bonchev–Trinajstić information content (AvgIpc) is 2.79. The van der Waals surface area contributed by atoms with Crippen LogP contribution < -0.4 is 0 Å². The minimum atomic E-state index is -0.453. The molecule has 1 aromatic heterocycles. The number of hydrogen-bond acceptors (Lipinski definition) is 1. The van der Waals surface area contributed by atoms with Crippen molar-refractivity contribution in [3.8, 4) is 0 Å². The van der Waals surface area contributed by atoms with Gasteiger partial charge in [-0.3, -0.25) is 0 Å². The molecule has 0 atom stereocenters. The average molecular weight is 191 g/mol. The van der Waals surface area contributed by atoms with Crippen molar-refractivity contribution >= 4 is 0 Å². The zero-order chi connectivity index (χ0) is 9.76. The molecule has 0 saturated heterocycles. The number of fused-ring (bicyclic) bond motifs is 1. The first-order valence-corrected chi connectivity index (χ1v) is 5.64. The molecule has 0 unspecified atom stereocenters. The molecule has 0 radical (unpaired) electrons. The zero-order valence-corrected chi connectivity index (χ0v) is 8.69. The number of rotatable bonds is 1. The normalized spacial score (nSPS) is 23.3. The Balaban J connectivity index is 2.13. The molecule has 1 heterocycles. The van der Waals surface area contributed by atoms with E-state index in [2.05, 4.69) is 11.9 Å². The summed E-state index contributed by atoms with van der Waals surface area (Å²) in [5.41, 5.74) is 4.83. The van der Waals surface area contributed by atoms with Crippen molar-refractivity contribution in [3.05, 3.63) is 22.5 Å². The molecule has 0 amide bonds. The number of nitrogens with one attached hydrogen (secondary N) is 1. The fourth-order valence-electron chi connectivity index (χ4n) is 2.83. The van der Waals surface area contributed by atoms with Crippen molar-refractivity contribution in [1.82, 2.24) is 4.98 Å². The third-order valence-corrected chi connectivity index (χ3v) is 3.67. The van der Waals surface area contributed by atoms with E-state index in [-0.39, 0.29) is 0 Å². The summed E-state index contributed by atoms with van der Waals surface area (Å²) in [6, 6.07) is 0. The van der Waals surface area contributed by atoms with E-state index in [9.17, 15) is 5.11 Å². The second-order valence-electron chi connectivity index (χ2n) is 4.82. The van der Waals surface area contributed by atoms with Gasteiger partial charge in [0.2, 0.25) is 0 Å². The summed E-state index contributed by atoms with van der Waals surface area (Å²) in [7, 11) is 0. The van der Waals surface area contributed by atoms with Crippen LogP contribution in [-0.4, -0.2) is 10.1 Å². The molecular formula is C12H17NO. The molecule has 1 fully saturated rings. The second kappa shape index (κ2) is 2.63. The Labute approximate surface area is 84.3 Å². The Kier molecular flexibility index (Phi) is 1.61. The lowest BCUT2D eigenvalue weighted by atomic mass is 9.91. The van der Waals surface area contributed by atoms with Gasteiger partial charge in [0, 0.05) is 17.0 Å². The molecule has 2 N–H and O–H groups in total. The molecule has 0 spiro atoms. The zero-order valence-electron chi connectivity index (χ0n) is 8.69. The molecule has 14 heavy (non-hydrogen) atoms. The first-order valence-electron chi connectivity index (χ1n) is 5.64. The topological polar surface area (TPSA) is 36.0 Å². The number of aliphatic hydroxyl groups is 1. The predicted octanol–water partition coefficient (Wildman–Crippen LogP) is 2.18. The maximum atomic E-state index is 10.2. The van der Waals surface area contributed by atoms with Crippen LogP contribution in [0.3, 0.4) is 0 Å². The van der Waals surface area contributed by atoms with Crippen LogP contribution in [0.25, 0.3) is 0 Å². The Bertz CT molecular complexity index is 374.